The van der Waals surface area contributed by atoms with Gasteiger partial charge in [0.25, 0.3) is 5.91 Å². The number of methoxy groups -OCH3 is 2. The van der Waals surface area contributed by atoms with Crippen molar-refractivity contribution in [2.24, 2.45) is 0 Å². The van der Waals surface area contributed by atoms with Gasteiger partial charge < -0.3 is 9.47 Å². The van der Waals surface area contributed by atoms with Crippen LogP contribution in [0.4, 0.5) is 5.13 Å². The van der Waals surface area contributed by atoms with Gasteiger partial charge in [-0.3, -0.25) is 10.1 Å². The molecule has 5 nitrogen and oxygen atoms in total. The van der Waals surface area contributed by atoms with Crippen molar-refractivity contribution in [2.45, 2.75) is 13.3 Å². The van der Waals surface area contributed by atoms with E-state index in [9.17, 15) is 4.79 Å². The monoisotopic (exact) mass is 368 g/mol. The quantitative estimate of drug-likeness (QED) is 0.688. The lowest BCUT2D eigenvalue weighted by Crippen LogP contribution is -2.13. The highest BCUT2D eigenvalue weighted by Gasteiger charge is 2.15. The number of carbonyl (C=O) groups is 1. The smallest absolute Gasteiger partial charge is 0.261 e. The number of ether oxygens (including phenoxy) is 2. The van der Waals surface area contributed by atoms with E-state index in [4.69, 9.17) is 9.47 Å². The minimum atomic E-state index is -0.272. The first-order valence-electron chi connectivity index (χ1n) is 8.22. The van der Waals surface area contributed by atoms with Gasteiger partial charge in [0.1, 0.15) is 11.5 Å². The summed E-state index contributed by atoms with van der Waals surface area (Å²) in [7, 11) is 3.09. The minimum Gasteiger partial charge on any atom is -0.497 e. The van der Waals surface area contributed by atoms with E-state index in [0.29, 0.717) is 22.2 Å². The van der Waals surface area contributed by atoms with Crippen LogP contribution in [-0.4, -0.2) is 25.1 Å². The predicted molar refractivity (Wildman–Crippen MR) is 104 cm³/mol. The number of aromatic nitrogens is 1. The predicted octanol–water partition coefficient (Wildman–Crippen LogP) is 4.64. The van der Waals surface area contributed by atoms with Gasteiger partial charge >= 0.3 is 0 Å². The number of aryl methyl sites for hydroxylation is 1. The summed E-state index contributed by atoms with van der Waals surface area (Å²) in [6, 6.07) is 13.4. The average molecular weight is 368 g/mol. The van der Waals surface area contributed by atoms with E-state index in [2.05, 4.69) is 29.4 Å². The van der Waals surface area contributed by atoms with Crippen molar-refractivity contribution in [3.8, 4) is 22.8 Å². The number of benzene rings is 2. The number of carbonyl (C=O) groups excluding carboxylic acids is 1. The van der Waals surface area contributed by atoms with E-state index in [1.165, 1.54) is 24.0 Å². The van der Waals surface area contributed by atoms with Gasteiger partial charge in [0.15, 0.2) is 5.13 Å². The fraction of sp³-hybridized carbons (Fsp3) is 0.200. The average Bonchev–Trinajstić information content (AvgIpc) is 3.15. The van der Waals surface area contributed by atoms with Crippen LogP contribution in [0, 0.1) is 0 Å². The Morgan fingerprint density at radius 3 is 2.54 bits per heavy atom. The van der Waals surface area contributed by atoms with Crippen LogP contribution in [0.2, 0.25) is 0 Å². The number of rotatable bonds is 6. The largest absolute Gasteiger partial charge is 0.497 e. The lowest BCUT2D eigenvalue weighted by atomic mass is 10.1. The molecular formula is C20H20N2O3S. The molecule has 1 heterocycles. The van der Waals surface area contributed by atoms with Crippen molar-refractivity contribution in [3.05, 3.63) is 59.0 Å². The van der Waals surface area contributed by atoms with Crippen LogP contribution < -0.4 is 14.8 Å². The Kier molecular flexibility index (Phi) is 5.53. The zero-order chi connectivity index (χ0) is 18.5. The number of thiazole rings is 1. The molecule has 0 aliphatic heterocycles. The standard InChI is InChI=1S/C20H20N2O3S/c1-4-13-5-7-14(8-6-13)17-12-26-20(21-17)22-19(23)16-10-9-15(24-2)11-18(16)25-3/h5-12H,4H2,1-3H3,(H,21,22,23). The van der Waals surface area contributed by atoms with Gasteiger partial charge in [-0.25, -0.2) is 4.98 Å². The van der Waals surface area contributed by atoms with Gasteiger partial charge in [-0.2, -0.15) is 0 Å². The molecule has 0 saturated heterocycles. The van der Waals surface area contributed by atoms with E-state index in [0.717, 1.165) is 17.7 Å². The van der Waals surface area contributed by atoms with Gasteiger partial charge in [0, 0.05) is 17.0 Å². The second-order valence-corrected chi connectivity index (χ2v) is 6.47. The summed E-state index contributed by atoms with van der Waals surface area (Å²) in [4.78, 5) is 17.1. The molecule has 134 valence electrons. The number of hydrogen-bond acceptors (Lipinski definition) is 5. The summed E-state index contributed by atoms with van der Waals surface area (Å²) in [5.41, 5.74) is 3.58. The molecule has 1 aromatic heterocycles. The molecule has 0 saturated carbocycles. The summed E-state index contributed by atoms with van der Waals surface area (Å²) < 4.78 is 10.4. The SMILES string of the molecule is CCc1ccc(-c2csc(NC(=O)c3ccc(OC)cc3OC)n2)cc1. The van der Waals surface area contributed by atoms with Crippen molar-refractivity contribution >= 4 is 22.4 Å². The molecule has 3 aromatic rings. The maximum atomic E-state index is 12.6. The van der Waals surface area contributed by atoms with E-state index in [-0.39, 0.29) is 5.91 Å². The molecule has 0 radical (unpaired) electrons. The van der Waals surface area contributed by atoms with Gasteiger partial charge in [-0.15, -0.1) is 11.3 Å². The van der Waals surface area contributed by atoms with Crippen LogP contribution >= 0.6 is 11.3 Å². The Balaban J connectivity index is 1.77. The Labute approximate surface area is 156 Å². The second kappa shape index (κ2) is 8.01. The van der Waals surface area contributed by atoms with E-state index >= 15 is 0 Å². The third kappa shape index (κ3) is 3.86. The van der Waals surface area contributed by atoms with Crippen molar-refractivity contribution < 1.29 is 14.3 Å². The summed E-state index contributed by atoms with van der Waals surface area (Å²) in [6.07, 6.45) is 1.00. The third-order valence-corrected chi connectivity index (χ3v) is 4.79. The summed E-state index contributed by atoms with van der Waals surface area (Å²) in [6.45, 7) is 2.12. The molecule has 0 atom stereocenters. The zero-order valence-corrected chi connectivity index (χ0v) is 15.7. The fourth-order valence-electron chi connectivity index (χ4n) is 2.53. The maximum Gasteiger partial charge on any atom is 0.261 e. The highest BCUT2D eigenvalue weighted by atomic mass is 32.1. The molecular weight excluding hydrogens is 348 g/mol. The first kappa shape index (κ1) is 17.9. The Morgan fingerprint density at radius 1 is 1.12 bits per heavy atom. The molecule has 26 heavy (non-hydrogen) atoms. The topological polar surface area (TPSA) is 60.5 Å². The molecule has 0 unspecified atom stereocenters. The van der Waals surface area contributed by atoms with Crippen LogP contribution in [0.5, 0.6) is 11.5 Å². The van der Waals surface area contributed by atoms with Gasteiger partial charge in [0.05, 0.1) is 25.5 Å². The fourth-order valence-corrected chi connectivity index (χ4v) is 3.24. The van der Waals surface area contributed by atoms with Crippen molar-refractivity contribution in [2.75, 3.05) is 19.5 Å². The number of amides is 1. The van der Waals surface area contributed by atoms with Crippen LogP contribution in [0.25, 0.3) is 11.3 Å². The number of nitrogens with one attached hydrogen (secondary N) is 1. The lowest BCUT2D eigenvalue weighted by Gasteiger charge is -2.09. The van der Waals surface area contributed by atoms with Gasteiger partial charge in [0.2, 0.25) is 0 Å². The number of hydrogen-bond donors (Lipinski definition) is 1. The first-order valence-corrected chi connectivity index (χ1v) is 9.10. The van der Waals surface area contributed by atoms with Crippen molar-refractivity contribution in [1.82, 2.24) is 4.98 Å². The van der Waals surface area contributed by atoms with Crippen LogP contribution in [0.15, 0.2) is 47.8 Å². The first-order chi connectivity index (χ1) is 12.6. The zero-order valence-electron chi connectivity index (χ0n) is 14.9. The number of anilines is 1. The summed E-state index contributed by atoms with van der Waals surface area (Å²) in [5, 5.41) is 5.31. The molecule has 0 spiro atoms. The minimum absolute atomic E-state index is 0.272. The summed E-state index contributed by atoms with van der Waals surface area (Å²) >= 11 is 1.39. The molecule has 1 N–H and O–H groups in total. The van der Waals surface area contributed by atoms with E-state index in [1.807, 2.05) is 17.5 Å². The summed E-state index contributed by atoms with van der Waals surface area (Å²) in [5.74, 6) is 0.811. The Hall–Kier alpha value is -2.86. The van der Waals surface area contributed by atoms with Gasteiger partial charge in [-0.1, -0.05) is 31.2 Å². The van der Waals surface area contributed by atoms with E-state index in [1.54, 1.807) is 25.3 Å². The van der Waals surface area contributed by atoms with E-state index < -0.39 is 0 Å². The molecule has 2 aromatic carbocycles. The van der Waals surface area contributed by atoms with Crippen molar-refractivity contribution in [3.63, 3.8) is 0 Å². The highest BCUT2D eigenvalue weighted by Crippen LogP contribution is 2.28. The number of nitrogens with zero attached hydrogens (tertiary/aromatic N) is 1. The normalized spacial score (nSPS) is 10.4. The Bertz CT molecular complexity index is 904. The van der Waals surface area contributed by atoms with Crippen LogP contribution in [0.3, 0.4) is 0 Å². The highest BCUT2D eigenvalue weighted by molar-refractivity contribution is 7.14. The molecule has 0 aliphatic rings. The van der Waals surface area contributed by atoms with Gasteiger partial charge in [-0.05, 0) is 24.1 Å². The second-order valence-electron chi connectivity index (χ2n) is 5.61. The molecule has 0 bridgehead atoms. The molecule has 0 aliphatic carbocycles. The molecule has 6 heteroatoms. The third-order valence-electron chi connectivity index (χ3n) is 4.04. The molecule has 0 fully saturated rings. The van der Waals surface area contributed by atoms with Crippen LogP contribution in [-0.2, 0) is 6.42 Å². The van der Waals surface area contributed by atoms with Crippen molar-refractivity contribution in [1.29, 1.82) is 0 Å². The lowest BCUT2D eigenvalue weighted by molar-refractivity contribution is 0.102. The maximum absolute atomic E-state index is 12.6. The van der Waals surface area contributed by atoms with Crippen LogP contribution in [0.1, 0.15) is 22.8 Å². The molecule has 3 rings (SSSR count). The Morgan fingerprint density at radius 2 is 1.88 bits per heavy atom. The molecule has 1 amide bonds.